The highest BCUT2D eigenvalue weighted by Crippen LogP contribution is 2.07. The first-order valence-corrected chi connectivity index (χ1v) is 5.37. The van der Waals surface area contributed by atoms with E-state index in [0.717, 1.165) is 13.0 Å². The van der Waals surface area contributed by atoms with Crippen LogP contribution in [0.25, 0.3) is 0 Å². The molecule has 0 atom stereocenters. The van der Waals surface area contributed by atoms with Crippen molar-refractivity contribution in [3.63, 3.8) is 0 Å². The predicted octanol–water partition coefficient (Wildman–Crippen LogP) is 1.17. The lowest BCUT2D eigenvalue weighted by atomic mass is 10.4. The average molecular weight is 233 g/mol. The Kier molecular flexibility index (Phi) is 3.44. The highest BCUT2D eigenvalue weighted by molar-refractivity contribution is 5.06. The van der Waals surface area contributed by atoms with Gasteiger partial charge in [0, 0.05) is 18.6 Å². The lowest BCUT2D eigenvalue weighted by molar-refractivity contribution is -0.697. The summed E-state index contributed by atoms with van der Waals surface area (Å²) < 4.78 is 3.60. The molecule has 0 aliphatic rings. The van der Waals surface area contributed by atoms with Gasteiger partial charge in [-0.15, -0.1) is 0 Å². The third-order valence-electron chi connectivity index (χ3n) is 2.45. The Hall–Kier alpha value is -2.24. The molecule has 0 aromatic carbocycles. The van der Waals surface area contributed by atoms with Gasteiger partial charge < -0.3 is 10.1 Å². The van der Waals surface area contributed by atoms with E-state index in [1.54, 1.807) is 10.8 Å². The van der Waals surface area contributed by atoms with Crippen molar-refractivity contribution in [2.24, 2.45) is 0 Å². The summed E-state index contributed by atoms with van der Waals surface area (Å²) in [6.07, 6.45) is 7.86. The highest BCUT2D eigenvalue weighted by atomic mass is 16.6. The summed E-state index contributed by atoms with van der Waals surface area (Å²) in [4.78, 5) is 13.9. The van der Waals surface area contributed by atoms with Crippen LogP contribution in [0.3, 0.4) is 0 Å². The molecule has 0 radical (unpaired) electrons. The van der Waals surface area contributed by atoms with Crippen LogP contribution >= 0.6 is 0 Å². The van der Waals surface area contributed by atoms with Crippen molar-refractivity contribution in [1.82, 2.24) is 9.55 Å². The normalized spacial score (nSPS) is 10.4. The molecule has 88 valence electrons. The molecule has 0 unspecified atom stereocenters. The Bertz CT molecular complexity index is 495. The van der Waals surface area contributed by atoms with Gasteiger partial charge in [-0.05, 0) is 4.92 Å². The number of imidazole rings is 1. The number of nitrogens with zero attached hydrogens (tertiary/aromatic N) is 4. The van der Waals surface area contributed by atoms with Crippen LogP contribution in [0, 0.1) is 10.1 Å². The van der Waals surface area contributed by atoms with E-state index in [1.165, 1.54) is 6.20 Å². The van der Waals surface area contributed by atoms with Crippen LogP contribution in [0.2, 0.25) is 0 Å². The van der Waals surface area contributed by atoms with Gasteiger partial charge in [0.2, 0.25) is 0 Å². The van der Waals surface area contributed by atoms with E-state index in [0.29, 0.717) is 6.54 Å². The molecule has 0 saturated carbocycles. The molecule has 2 aromatic heterocycles. The molecule has 0 aliphatic carbocycles. The number of pyridine rings is 1. The van der Waals surface area contributed by atoms with E-state index in [9.17, 15) is 10.1 Å². The molecule has 6 heteroatoms. The lowest BCUT2D eigenvalue weighted by Crippen LogP contribution is -2.32. The minimum Gasteiger partial charge on any atom is -0.390 e. The Balaban J connectivity index is 1.90. The maximum atomic E-state index is 10.6. The van der Waals surface area contributed by atoms with Crippen LogP contribution in [0.1, 0.15) is 6.42 Å². The number of aryl methyl sites for hydroxylation is 2. The van der Waals surface area contributed by atoms with Crippen LogP contribution in [0.5, 0.6) is 0 Å². The fraction of sp³-hybridized carbons (Fsp3) is 0.273. The zero-order chi connectivity index (χ0) is 12.1. The Morgan fingerprint density at radius 2 is 2.12 bits per heavy atom. The number of hydrogen-bond acceptors (Lipinski definition) is 3. The van der Waals surface area contributed by atoms with E-state index < -0.39 is 4.92 Å². The molecular formula is C11H13N4O2+. The molecule has 0 fully saturated rings. The number of hydrogen-bond donors (Lipinski definition) is 0. The second kappa shape index (κ2) is 5.20. The molecule has 2 heterocycles. The molecule has 6 nitrogen and oxygen atoms in total. The zero-order valence-corrected chi connectivity index (χ0v) is 9.27. The van der Waals surface area contributed by atoms with Gasteiger partial charge in [0.05, 0.1) is 6.54 Å². The van der Waals surface area contributed by atoms with Gasteiger partial charge in [-0.2, -0.15) is 0 Å². The molecule has 0 aliphatic heterocycles. The first-order valence-electron chi connectivity index (χ1n) is 5.37. The summed E-state index contributed by atoms with van der Waals surface area (Å²) in [5.74, 6) is -0.0944. The third-order valence-corrected chi connectivity index (χ3v) is 2.45. The summed E-state index contributed by atoms with van der Waals surface area (Å²) >= 11 is 0. The van der Waals surface area contributed by atoms with E-state index in [1.807, 2.05) is 35.2 Å². The SMILES string of the molecule is O=[N+]([O-])c1nccn1CCC[n+]1ccccc1. The molecule has 0 spiro atoms. The average Bonchev–Trinajstić information content (AvgIpc) is 2.79. The van der Waals surface area contributed by atoms with Crippen molar-refractivity contribution >= 4 is 5.95 Å². The second-order valence-electron chi connectivity index (χ2n) is 3.64. The molecule has 0 amide bonds. The highest BCUT2D eigenvalue weighted by Gasteiger charge is 2.13. The van der Waals surface area contributed by atoms with Crippen molar-refractivity contribution in [1.29, 1.82) is 0 Å². The van der Waals surface area contributed by atoms with E-state index in [-0.39, 0.29) is 5.95 Å². The van der Waals surface area contributed by atoms with Crippen molar-refractivity contribution in [2.45, 2.75) is 19.5 Å². The van der Waals surface area contributed by atoms with Gasteiger partial charge in [-0.3, -0.25) is 0 Å². The van der Waals surface area contributed by atoms with Gasteiger partial charge in [-0.1, -0.05) is 11.1 Å². The molecule has 2 rings (SSSR count). The van der Waals surface area contributed by atoms with Crippen molar-refractivity contribution in [3.05, 3.63) is 53.1 Å². The Labute approximate surface area is 98.3 Å². The van der Waals surface area contributed by atoms with Gasteiger partial charge in [-0.25, -0.2) is 9.13 Å². The Morgan fingerprint density at radius 3 is 2.82 bits per heavy atom. The van der Waals surface area contributed by atoms with Crippen molar-refractivity contribution in [2.75, 3.05) is 0 Å². The third kappa shape index (κ3) is 2.87. The van der Waals surface area contributed by atoms with E-state index in [4.69, 9.17) is 0 Å². The molecule has 17 heavy (non-hydrogen) atoms. The summed E-state index contributed by atoms with van der Waals surface area (Å²) in [6.45, 7) is 1.42. The molecule has 2 aromatic rings. The number of rotatable bonds is 5. The maximum absolute atomic E-state index is 10.6. The molecular weight excluding hydrogens is 220 g/mol. The van der Waals surface area contributed by atoms with Crippen LogP contribution in [0.15, 0.2) is 43.0 Å². The standard InChI is InChI=1S/C11H13N4O2/c16-15(17)11-12-5-10-14(11)9-4-8-13-6-2-1-3-7-13/h1-3,5-7,10H,4,8-9H2/q+1. The minimum atomic E-state index is -0.463. The van der Waals surface area contributed by atoms with Gasteiger partial charge in [0.1, 0.15) is 12.4 Å². The summed E-state index contributed by atoms with van der Waals surface area (Å²) in [5, 5.41) is 10.6. The van der Waals surface area contributed by atoms with Crippen molar-refractivity contribution < 1.29 is 9.49 Å². The fourth-order valence-corrected chi connectivity index (χ4v) is 1.65. The summed E-state index contributed by atoms with van der Waals surface area (Å²) in [6, 6.07) is 5.87. The van der Waals surface area contributed by atoms with Gasteiger partial charge >= 0.3 is 5.95 Å². The quantitative estimate of drug-likeness (QED) is 0.442. The zero-order valence-electron chi connectivity index (χ0n) is 9.27. The molecule has 0 saturated heterocycles. The number of nitro groups is 1. The fourth-order valence-electron chi connectivity index (χ4n) is 1.65. The van der Waals surface area contributed by atoms with Crippen molar-refractivity contribution in [3.8, 4) is 0 Å². The first kappa shape index (κ1) is 11.3. The molecule has 0 bridgehead atoms. The first-order chi connectivity index (χ1) is 8.27. The topological polar surface area (TPSA) is 64.8 Å². The number of aromatic nitrogens is 3. The van der Waals surface area contributed by atoms with Crippen LogP contribution in [0.4, 0.5) is 5.95 Å². The van der Waals surface area contributed by atoms with Gasteiger partial charge in [0.25, 0.3) is 0 Å². The van der Waals surface area contributed by atoms with Crippen LogP contribution < -0.4 is 4.57 Å². The lowest BCUT2D eigenvalue weighted by Gasteiger charge is -1.99. The van der Waals surface area contributed by atoms with Crippen LogP contribution in [-0.2, 0) is 13.1 Å². The Morgan fingerprint density at radius 1 is 1.35 bits per heavy atom. The molecule has 0 N–H and O–H groups in total. The summed E-state index contributed by atoms with van der Waals surface area (Å²) in [5.41, 5.74) is 0. The predicted molar refractivity (Wildman–Crippen MR) is 60.1 cm³/mol. The largest absolute Gasteiger partial charge is 0.434 e. The smallest absolute Gasteiger partial charge is 0.390 e. The van der Waals surface area contributed by atoms with Gasteiger partial charge in [0.15, 0.2) is 18.9 Å². The van der Waals surface area contributed by atoms with E-state index >= 15 is 0 Å². The van der Waals surface area contributed by atoms with E-state index in [2.05, 4.69) is 4.98 Å². The minimum absolute atomic E-state index is 0.0944. The second-order valence-corrected chi connectivity index (χ2v) is 3.64. The monoisotopic (exact) mass is 233 g/mol. The summed E-state index contributed by atoms with van der Waals surface area (Å²) in [7, 11) is 0. The van der Waals surface area contributed by atoms with Crippen LogP contribution in [-0.4, -0.2) is 14.5 Å². The maximum Gasteiger partial charge on any atom is 0.434 e.